The molecule has 0 aliphatic carbocycles. The highest BCUT2D eigenvalue weighted by atomic mass is 16.5. The summed E-state index contributed by atoms with van der Waals surface area (Å²) in [5, 5.41) is 2.98. The molecule has 0 aromatic heterocycles. The summed E-state index contributed by atoms with van der Waals surface area (Å²) in [5.74, 6) is -0.252. The Morgan fingerprint density at radius 3 is 2.59 bits per heavy atom. The lowest BCUT2D eigenvalue weighted by Gasteiger charge is -2.37. The van der Waals surface area contributed by atoms with Gasteiger partial charge in [-0.2, -0.15) is 0 Å². The number of likely N-dealkylation sites (tertiary alicyclic amines) is 1. The first-order chi connectivity index (χ1) is 13.1. The molecule has 27 heavy (non-hydrogen) atoms. The van der Waals surface area contributed by atoms with E-state index in [2.05, 4.69) is 30.4 Å². The molecule has 5 nitrogen and oxygen atoms in total. The number of hydrogen-bond donors (Lipinski definition) is 1. The Labute approximate surface area is 160 Å². The van der Waals surface area contributed by atoms with Crippen molar-refractivity contribution in [2.24, 2.45) is 5.92 Å². The molecule has 0 spiro atoms. The third-order valence-electron chi connectivity index (χ3n) is 5.00. The van der Waals surface area contributed by atoms with Crippen LogP contribution in [0.2, 0.25) is 0 Å². The van der Waals surface area contributed by atoms with Crippen molar-refractivity contribution in [3.8, 4) is 0 Å². The molecule has 1 aliphatic heterocycles. The molecule has 0 saturated carbocycles. The number of ether oxygens (including phenoxy) is 1. The van der Waals surface area contributed by atoms with Crippen molar-refractivity contribution in [3.63, 3.8) is 0 Å². The lowest BCUT2D eigenvalue weighted by Crippen LogP contribution is -2.47. The van der Waals surface area contributed by atoms with Gasteiger partial charge < -0.3 is 15.0 Å². The Morgan fingerprint density at radius 2 is 1.89 bits per heavy atom. The zero-order valence-corrected chi connectivity index (χ0v) is 15.9. The summed E-state index contributed by atoms with van der Waals surface area (Å²) in [5.41, 5.74) is 3.12. The molecule has 3 rings (SSSR count). The first-order valence-corrected chi connectivity index (χ1v) is 9.26. The number of hydrogen-bond acceptors (Lipinski definition) is 3. The number of rotatable bonds is 5. The molecule has 1 fully saturated rings. The third-order valence-corrected chi connectivity index (χ3v) is 5.00. The van der Waals surface area contributed by atoms with E-state index in [0.29, 0.717) is 13.1 Å². The van der Waals surface area contributed by atoms with Crippen LogP contribution in [0.3, 0.4) is 0 Å². The Kier molecular flexibility index (Phi) is 6.24. The number of methoxy groups -OCH3 is 1. The van der Waals surface area contributed by atoms with E-state index >= 15 is 0 Å². The minimum Gasteiger partial charge on any atom is -0.375 e. The molecule has 5 heteroatoms. The molecule has 2 amide bonds. The summed E-state index contributed by atoms with van der Waals surface area (Å²) in [6, 6.07) is 17.7. The highest BCUT2D eigenvalue weighted by Crippen LogP contribution is 2.31. The predicted molar refractivity (Wildman–Crippen MR) is 106 cm³/mol. The highest BCUT2D eigenvalue weighted by molar-refractivity contribution is 5.93. The molecule has 1 N–H and O–H groups in total. The van der Waals surface area contributed by atoms with Crippen LogP contribution in [-0.2, 0) is 14.3 Å². The number of nitrogens with zero attached hydrogens (tertiary/aromatic N) is 1. The molecule has 2 unspecified atom stereocenters. The molecule has 1 aliphatic rings. The SMILES string of the molecule is COCC(=O)N1CC(C(=O)Nc2ccccc2)CC(c2cccc(C)c2)C1. The lowest BCUT2D eigenvalue weighted by molar-refractivity contribution is -0.138. The Balaban J connectivity index is 1.79. The monoisotopic (exact) mass is 366 g/mol. The lowest BCUT2D eigenvalue weighted by atomic mass is 9.83. The molecule has 0 bridgehead atoms. The van der Waals surface area contributed by atoms with Crippen molar-refractivity contribution >= 4 is 17.5 Å². The fourth-order valence-electron chi connectivity index (χ4n) is 3.64. The maximum atomic E-state index is 12.9. The number of amides is 2. The van der Waals surface area contributed by atoms with Crippen LogP contribution in [0.5, 0.6) is 0 Å². The van der Waals surface area contributed by atoms with Gasteiger partial charge in [0.2, 0.25) is 11.8 Å². The number of anilines is 1. The van der Waals surface area contributed by atoms with Gasteiger partial charge in [-0.15, -0.1) is 0 Å². The zero-order chi connectivity index (χ0) is 19.2. The van der Waals surface area contributed by atoms with Crippen LogP contribution in [0.1, 0.15) is 23.5 Å². The maximum absolute atomic E-state index is 12.9. The van der Waals surface area contributed by atoms with Gasteiger partial charge in [-0.3, -0.25) is 9.59 Å². The smallest absolute Gasteiger partial charge is 0.248 e. The van der Waals surface area contributed by atoms with Crippen LogP contribution >= 0.6 is 0 Å². The van der Waals surface area contributed by atoms with E-state index < -0.39 is 0 Å². The topological polar surface area (TPSA) is 58.6 Å². The van der Waals surface area contributed by atoms with Gasteiger partial charge >= 0.3 is 0 Å². The van der Waals surface area contributed by atoms with Crippen molar-refractivity contribution < 1.29 is 14.3 Å². The van der Waals surface area contributed by atoms with Crippen LogP contribution in [-0.4, -0.2) is 43.5 Å². The second-order valence-corrected chi connectivity index (χ2v) is 7.13. The van der Waals surface area contributed by atoms with Gasteiger partial charge in [0.1, 0.15) is 6.61 Å². The number of piperidine rings is 1. The molecule has 2 aromatic rings. The van der Waals surface area contributed by atoms with Crippen molar-refractivity contribution in [3.05, 3.63) is 65.7 Å². The third kappa shape index (κ3) is 4.95. The van der Waals surface area contributed by atoms with Crippen molar-refractivity contribution in [2.75, 3.05) is 32.1 Å². The second kappa shape index (κ2) is 8.82. The van der Waals surface area contributed by atoms with Gasteiger partial charge in [0.05, 0.1) is 5.92 Å². The molecule has 2 atom stereocenters. The van der Waals surface area contributed by atoms with Crippen LogP contribution in [0.4, 0.5) is 5.69 Å². The van der Waals surface area contributed by atoms with E-state index in [1.165, 1.54) is 18.2 Å². The average molecular weight is 366 g/mol. The van der Waals surface area contributed by atoms with Gasteiger partial charge in [0, 0.05) is 31.8 Å². The van der Waals surface area contributed by atoms with E-state index in [-0.39, 0.29) is 30.3 Å². The summed E-state index contributed by atoms with van der Waals surface area (Å²) in [7, 11) is 1.51. The van der Waals surface area contributed by atoms with Gasteiger partial charge in [0.25, 0.3) is 0 Å². The summed E-state index contributed by atoms with van der Waals surface area (Å²) in [6.45, 7) is 3.12. The maximum Gasteiger partial charge on any atom is 0.248 e. The fraction of sp³-hybridized carbons (Fsp3) is 0.364. The molecule has 1 saturated heterocycles. The van der Waals surface area contributed by atoms with Crippen molar-refractivity contribution in [1.82, 2.24) is 4.90 Å². The largest absolute Gasteiger partial charge is 0.375 e. The van der Waals surface area contributed by atoms with E-state index in [1.54, 1.807) is 4.90 Å². The Morgan fingerprint density at radius 1 is 1.11 bits per heavy atom. The molecule has 142 valence electrons. The summed E-state index contributed by atoms with van der Waals surface area (Å²) in [4.78, 5) is 27.1. The first-order valence-electron chi connectivity index (χ1n) is 9.26. The predicted octanol–water partition coefficient (Wildman–Crippen LogP) is 3.21. The van der Waals surface area contributed by atoms with Crippen molar-refractivity contribution in [1.29, 1.82) is 0 Å². The summed E-state index contributed by atoms with van der Waals surface area (Å²) < 4.78 is 5.02. The fourth-order valence-corrected chi connectivity index (χ4v) is 3.64. The Bertz CT molecular complexity index is 791. The van der Waals surface area contributed by atoms with Crippen molar-refractivity contribution in [2.45, 2.75) is 19.3 Å². The van der Waals surface area contributed by atoms with E-state index in [4.69, 9.17) is 4.74 Å². The van der Waals surface area contributed by atoms with E-state index in [9.17, 15) is 9.59 Å². The molecule has 0 radical (unpaired) electrons. The van der Waals surface area contributed by atoms with Gasteiger partial charge in [0.15, 0.2) is 0 Å². The second-order valence-electron chi connectivity index (χ2n) is 7.13. The number of carbonyl (C=O) groups is 2. The molecule has 1 heterocycles. The van der Waals surface area contributed by atoms with E-state index in [1.807, 2.05) is 36.4 Å². The minimum atomic E-state index is -0.259. The summed E-state index contributed by atoms with van der Waals surface area (Å²) >= 11 is 0. The van der Waals surface area contributed by atoms with Crippen LogP contribution < -0.4 is 5.32 Å². The zero-order valence-electron chi connectivity index (χ0n) is 15.9. The molecular weight excluding hydrogens is 340 g/mol. The first kappa shape index (κ1) is 19.1. The quantitative estimate of drug-likeness (QED) is 0.884. The Hall–Kier alpha value is -2.66. The number of carbonyl (C=O) groups excluding carboxylic acids is 2. The van der Waals surface area contributed by atoms with Crippen LogP contribution in [0.25, 0.3) is 0 Å². The molecular formula is C22H26N2O3. The standard InChI is InChI=1S/C22H26N2O3/c1-16-7-6-8-17(11-16)18-12-19(14-24(13-18)21(25)15-27-2)22(26)23-20-9-4-3-5-10-20/h3-11,18-19H,12-15H2,1-2H3,(H,23,26). The van der Waals surface area contributed by atoms with E-state index in [0.717, 1.165) is 12.1 Å². The normalized spacial score (nSPS) is 19.6. The van der Waals surface area contributed by atoms with Crippen LogP contribution in [0.15, 0.2) is 54.6 Å². The number of aryl methyl sites for hydroxylation is 1. The van der Waals surface area contributed by atoms with Gasteiger partial charge in [-0.05, 0) is 31.0 Å². The minimum absolute atomic E-state index is 0.0353. The summed E-state index contributed by atoms with van der Waals surface area (Å²) in [6.07, 6.45) is 0.721. The van der Waals surface area contributed by atoms with Gasteiger partial charge in [-0.25, -0.2) is 0 Å². The average Bonchev–Trinajstić information content (AvgIpc) is 2.68. The number of benzene rings is 2. The van der Waals surface area contributed by atoms with Crippen LogP contribution in [0, 0.1) is 12.8 Å². The number of nitrogens with one attached hydrogen (secondary N) is 1. The number of para-hydroxylation sites is 1. The molecule has 2 aromatic carbocycles. The highest BCUT2D eigenvalue weighted by Gasteiger charge is 2.34. The van der Waals surface area contributed by atoms with Gasteiger partial charge in [-0.1, -0.05) is 48.0 Å².